The predicted molar refractivity (Wildman–Crippen MR) is 168 cm³/mol. The van der Waals surface area contributed by atoms with Gasteiger partial charge in [0.05, 0.1) is 63.6 Å². The van der Waals surface area contributed by atoms with Crippen LogP contribution in [0.1, 0.15) is 61.5 Å². The van der Waals surface area contributed by atoms with Crippen LogP contribution in [-0.2, 0) is 36.4 Å². The third-order valence-corrected chi connectivity index (χ3v) is 7.51. The fourth-order valence-electron chi connectivity index (χ4n) is 5.21. The highest BCUT2D eigenvalue weighted by molar-refractivity contribution is 6.00. The highest BCUT2D eigenvalue weighted by Gasteiger charge is 2.38. The lowest BCUT2D eigenvalue weighted by atomic mass is 10.1. The number of hydrogen-bond donors (Lipinski definition) is 0. The van der Waals surface area contributed by atoms with Gasteiger partial charge in [-0.1, -0.05) is 26.0 Å². The minimum absolute atomic E-state index is 0.0582. The van der Waals surface area contributed by atoms with E-state index in [9.17, 15) is 22.8 Å². The molecule has 16 heteroatoms. The van der Waals surface area contributed by atoms with Crippen LogP contribution in [0.15, 0.2) is 36.7 Å². The molecule has 4 rings (SSSR count). The summed E-state index contributed by atoms with van der Waals surface area (Å²) in [6.45, 7) is 8.91. The van der Waals surface area contributed by atoms with Crippen LogP contribution < -0.4 is 4.90 Å². The molecule has 1 aromatic carbocycles. The molecule has 1 amide bonds. The van der Waals surface area contributed by atoms with Crippen LogP contribution in [0.4, 0.5) is 23.8 Å². The summed E-state index contributed by atoms with van der Waals surface area (Å²) in [5, 5.41) is 4.37. The number of benzene rings is 1. The van der Waals surface area contributed by atoms with E-state index in [0.29, 0.717) is 69.0 Å². The summed E-state index contributed by atoms with van der Waals surface area (Å²) in [5.41, 5.74) is 0.399. The molecule has 1 aliphatic heterocycles. The molecule has 0 spiro atoms. The quantitative estimate of drug-likeness (QED) is 0.131. The Morgan fingerprint density at radius 2 is 1.75 bits per heavy atom. The third-order valence-electron chi connectivity index (χ3n) is 7.51. The number of hydrogen-bond acceptors (Lipinski definition) is 10. The molecule has 2 aromatic heterocycles. The molecule has 48 heavy (non-hydrogen) atoms. The summed E-state index contributed by atoms with van der Waals surface area (Å²) >= 11 is 0. The van der Waals surface area contributed by atoms with Crippen LogP contribution in [0.3, 0.4) is 0 Å². The van der Waals surface area contributed by atoms with E-state index in [2.05, 4.69) is 5.10 Å². The van der Waals surface area contributed by atoms with Crippen molar-refractivity contribution in [2.45, 2.75) is 52.6 Å². The molecular formula is C32H43F3N6O7. The Labute approximate surface area is 277 Å². The summed E-state index contributed by atoms with van der Waals surface area (Å²) < 4.78 is 69.6. The molecule has 0 radical (unpaired) electrons. The number of rotatable bonds is 18. The number of amides is 1. The van der Waals surface area contributed by atoms with Gasteiger partial charge in [0.25, 0.3) is 5.91 Å². The molecule has 1 atom stereocenters. The minimum atomic E-state index is -4.47. The normalized spacial score (nSPS) is 13.9. The molecular weight excluding hydrogens is 637 g/mol. The Morgan fingerprint density at radius 1 is 1.02 bits per heavy atom. The lowest BCUT2D eigenvalue weighted by Crippen LogP contribution is -2.48. The van der Waals surface area contributed by atoms with Crippen LogP contribution in [0.5, 0.6) is 0 Å². The number of ether oxygens (including phenoxy) is 5. The summed E-state index contributed by atoms with van der Waals surface area (Å²) in [6, 6.07) is 5.03. The van der Waals surface area contributed by atoms with E-state index in [1.165, 1.54) is 16.9 Å². The van der Waals surface area contributed by atoms with E-state index in [-0.39, 0.29) is 37.8 Å². The van der Waals surface area contributed by atoms with E-state index in [4.69, 9.17) is 28.7 Å². The maximum absolute atomic E-state index is 13.9. The van der Waals surface area contributed by atoms with Gasteiger partial charge in [-0.05, 0) is 31.0 Å². The fourth-order valence-corrected chi connectivity index (χ4v) is 5.21. The van der Waals surface area contributed by atoms with Gasteiger partial charge >= 0.3 is 12.3 Å². The standard InChI is InChI=1S/C32H43F3N6O7/c1-5-11-39-22-38(7-3)29-27(30(39)42)41(26(6-2)48-31(43)47-17-16-46-15-14-45-13-12-44-4)28(37-29)24-19-36-40(21-24)20-23-9-8-10-25(18-23)32(33,34)35/h8-10,18-19,21,26H,5-7,11-17,20,22H2,1-4H3. The van der Waals surface area contributed by atoms with Gasteiger partial charge in [-0.2, -0.15) is 18.3 Å². The topological polar surface area (TPSA) is 122 Å². The minimum Gasteiger partial charge on any atom is -0.432 e. The summed E-state index contributed by atoms with van der Waals surface area (Å²) in [5.74, 6) is 0.493. The van der Waals surface area contributed by atoms with Gasteiger partial charge in [0.15, 0.2) is 17.7 Å². The van der Waals surface area contributed by atoms with E-state index < -0.39 is 24.1 Å². The Balaban J connectivity index is 1.58. The Hall–Kier alpha value is -4.15. The molecule has 0 saturated carbocycles. The maximum Gasteiger partial charge on any atom is 0.510 e. The average molecular weight is 681 g/mol. The molecule has 1 aliphatic rings. The predicted octanol–water partition coefficient (Wildman–Crippen LogP) is 5.20. The highest BCUT2D eigenvalue weighted by Crippen LogP contribution is 2.36. The number of anilines is 1. The number of fused-ring (bicyclic) bond motifs is 1. The van der Waals surface area contributed by atoms with E-state index in [1.54, 1.807) is 35.8 Å². The van der Waals surface area contributed by atoms with Crippen molar-refractivity contribution in [2.24, 2.45) is 0 Å². The number of methoxy groups -OCH3 is 1. The fraction of sp³-hybridized carbons (Fsp3) is 0.562. The first-order chi connectivity index (χ1) is 23.1. The van der Waals surface area contributed by atoms with Gasteiger partial charge < -0.3 is 33.5 Å². The zero-order valence-electron chi connectivity index (χ0n) is 27.7. The van der Waals surface area contributed by atoms with E-state index in [0.717, 1.165) is 18.6 Å². The number of nitrogens with zero attached hydrogens (tertiary/aromatic N) is 6. The number of halogens is 3. The molecule has 0 saturated heterocycles. The van der Waals surface area contributed by atoms with Gasteiger partial charge in [-0.3, -0.25) is 14.0 Å². The lowest BCUT2D eigenvalue weighted by Gasteiger charge is -2.35. The number of alkyl halides is 3. The van der Waals surface area contributed by atoms with Crippen molar-refractivity contribution >= 4 is 17.9 Å². The van der Waals surface area contributed by atoms with Gasteiger partial charge in [-0.25, -0.2) is 9.78 Å². The van der Waals surface area contributed by atoms with E-state index >= 15 is 0 Å². The molecule has 1 unspecified atom stereocenters. The van der Waals surface area contributed by atoms with Gasteiger partial charge in [0, 0.05) is 32.8 Å². The highest BCUT2D eigenvalue weighted by atomic mass is 19.4. The van der Waals surface area contributed by atoms with E-state index in [1.807, 2.05) is 18.7 Å². The van der Waals surface area contributed by atoms with Crippen LogP contribution >= 0.6 is 0 Å². The molecule has 0 N–H and O–H groups in total. The van der Waals surface area contributed by atoms with Crippen molar-refractivity contribution < 1.29 is 46.4 Å². The largest absolute Gasteiger partial charge is 0.510 e. The molecule has 0 fully saturated rings. The number of carbonyl (C=O) groups is 2. The lowest BCUT2D eigenvalue weighted by molar-refractivity contribution is -0.137. The van der Waals surface area contributed by atoms with Crippen LogP contribution in [0.25, 0.3) is 11.4 Å². The maximum atomic E-state index is 13.9. The first kappa shape index (κ1) is 36.7. The van der Waals surface area contributed by atoms with Crippen molar-refractivity contribution in [2.75, 3.05) is 71.4 Å². The molecule has 3 aromatic rings. The number of carbonyl (C=O) groups excluding carboxylic acids is 2. The Bertz CT molecular complexity index is 1490. The second kappa shape index (κ2) is 17.3. The Kier molecular flexibility index (Phi) is 13.2. The summed E-state index contributed by atoms with van der Waals surface area (Å²) in [4.78, 5) is 35.2. The number of imidazole rings is 1. The first-order valence-electron chi connectivity index (χ1n) is 15.9. The van der Waals surface area contributed by atoms with Crippen molar-refractivity contribution in [1.82, 2.24) is 24.2 Å². The van der Waals surface area contributed by atoms with Crippen LogP contribution in [-0.4, -0.2) is 103 Å². The zero-order valence-corrected chi connectivity index (χ0v) is 27.7. The first-order valence-corrected chi connectivity index (χ1v) is 15.9. The monoisotopic (exact) mass is 680 g/mol. The molecule has 0 bridgehead atoms. The third kappa shape index (κ3) is 9.26. The molecule has 264 valence electrons. The summed E-state index contributed by atoms with van der Waals surface area (Å²) in [7, 11) is 1.59. The smallest absolute Gasteiger partial charge is 0.432 e. The van der Waals surface area contributed by atoms with Crippen molar-refractivity contribution in [1.29, 1.82) is 0 Å². The van der Waals surface area contributed by atoms with Crippen molar-refractivity contribution in [3.8, 4) is 11.4 Å². The van der Waals surface area contributed by atoms with Gasteiger partial charge in [0.2, 0.25) is 0 Å². The Morgan fingerprint density at radius 3 is 2.42 bits per heavy atom. The molecule has 0 aliphatic carbocycles. The zero-order chi connectivity index (χ0) is 34.7. The van der Waals surface area contributed by atoms with Gasteiger partial charge in [-0.15, -0.1) is 0 Å². The van der Waals surface area contributed by atoms with Crippen LogP contribution in [0, 0.1) is 0 Å². The number of aromatic nitrogens is 4. The second-order valence-corrected chi connectivity index (χ2v) is 11.0. The van der Waals surface area contributed by atoms with Crippen molar-refractivity contribution in [3.05, 3.63) is 53.5 Å². The van der Waals surface area contributed by atoms with Gasteiger partial charge in [0.1, 0.15) is 12.4 Å². The van der Waals surface area contributed by atoms with Crippen LogP contribution in [0.2, 0.25) is 0 Å². The second-order valence-electron chi connectivity index (χ2n) is 11.0. The SMILES string of the molecule is CCCN1CN(CC)c2nc(-c3cnn(Cc4cccc(C(F)(F)F)c4)c3)n(C(CC)OC(=O)OCCOCCOCCOC)c2C1=O. The average Bonchev–Trinajstić information content (AvgIpc) is 3.69. The molecule has 13 nitrogen and oxygen atoms in total. The summed E-state index contributed by atoms with van der Waals surface area (Å²) in [6.07, 6.45) is -2.23. The van der Waals surface area contributed by atoms with Crippen molar-refractivity contribution in [3.63, 3.8) is 0 Å². The molecule has 3 heterocycles.